The molecule has 0 saturated carbocycles. The highest BCUT2D eigenvalue weighted by molar-refractivity contribution is 7.11. The Balaban J connectivity index is 2.09. The molecular formula is C38H76N2S+2. The van der Waals surface area contributed by atoms with E-state index in [4.69, 9.17) is 0 Å². The summed E-state index contributed by atoms with van der Waals surface area (Å²) in [4.78, 5) is 3.16. The Morgan fingerprint density at radius 2 is 0.634 bits per heavy atom. The first-order valence-corrected chi connectivity index (χ1v) is 19.3. The summed E-state index contributed by atoms with van der Waals surface area (Å²) in [5.74, 6) is 0. The molecule has 0 unspecified atom stereocenters. The van der Waals surface area contributed by atoms with Crippen LogP contribution >= 0.6 is 11.3 Å². The second-order valence-electron chi connectivity index (χ2n) is 14.8. The zero-order chi connectivity index (χ0) is 30.1. The quantitative estimate of drug-likeness (QED) is 0.0615. The summed E-state index contributed by atoms with van der Waals surface area (Å²) in [5.41, 5.74) is 0. The van der Waals surface area contributed by atoms with Gasteiger partial charge in [-0.15, -0.1) is 11.3 Å². The van der Waals surface area contributed by atoms with E-state index >= 15 is 0 Å². The Labute approximate surface area is 263 Å². The molecule has 1 rings (SSSR count). The summed E-state index contributed by atoms with van der Waals surface area (Å²) in [6.07, 6.45) is 34.5. The average molecular weight is 593 g/mol. The van der Waals surface area contributed by atoms with E-state index in [1.165, 1.54) is 180 Å². The fraction of sp³-hybridized carbons (Fsp3) is 0.895. The molecule has 2 nitrogen and oxygen atoms in total. The van der Waals surface area contributed by atoms with E-state index in [1.54, 1.807) is 9.75 Å². The molecule has 0 radical (unpaired) electrons. The van der Waals surface area contributed by atoms with Gasteiger partial charge in [0.25, 0.3) is 0 Å². The minimum atomic E-state index is 1.13. The molecule has 0 atom stereocenters. The van der Waals surface area contributed by atoms with Crippen molar-refractivity contribution < 1.29 is 8.97 Å². The van der Waals surface area contributed by atoms with Crippen LogP contribution in [-0.2, 0) is 13.1 Å². The van der Waals surface area contributed by atoms with E-state index in [2.05, 4.69) is 65.5 Å². The number of nitrogens with zero attached hydrogens (tertiary/aromatic N) is 2. The Morgan fingerprint density at radius 1 is 0.390 bits per heavy atom. The third-order valence-electron chi connectivity index (χ3n) is 9.12. The maximum Gasteiger partial charge on any atom is 0.113 e. The van der Waals surface area contributed by atoms with E-state index in [1.807, 2.05) is 0 Å². The summed E-state index contributed by atoms with van der Waals surface area (Å²) in [5, 5.41) is 0. The number of hydrogen-bond donors (Lipinski definition) is 0. The molecule has 0 saturated heterocycles. The molecular weight excluding hydrogens is 516 g/mol. The maximum absolute atomic E-state index is 2.44. The Hall–Kier alpha value is -0.380. The zero-order valence-electron chi connectivity index (χ0n) is 29.3. The molecule has 3 heteroatoms. The normalized spacial score (nSPS) is 12.4. The zero-order valence-corrected chi connectivity index (χ0v) is 30.1. The van der Waals surface area contributed by atoms with Crippen LogP contribution in [0, 0.1) is 0 Å². The van der Waals surface area contributed by atoms with Gasteiger partial charge in [0.05, 0.1) is 51.0 Å². The van der Waals surface area contributed by atoms with Crippen LogP contribution in [-0.4, -0.2) is 50.2 Å². The Bertz CT molecular complexity index is 636. The van der Waals surface area contributed by atoms with E-state index in [0.717, 1.165) is 8.97 Å². The standard InChI is InChI=1S/C38H76N2S/c1-7-9-11-13-15-17-19-21-23-25-27-29-33-39(3,4)35-37-31-32-38(41-37)36-40(5,6)34-30-28-26-24-22-20-18-16-14-12-10-8-2/h31-32H,7-30,33-36H2,1-6H3/q+2. The van der Waals surface area contributed by atoms with Gasteiger partial charge in [0.1, 0.15) is 13.1 Å². The van der Waals surface area contributed by atoms with Crippen molar-refractivity contribution in [1.29, 1.82) is 0 Å². The molecule has 0 N–H and O–H groups in total. The minimum absolute atomic E-state index is 1.13. The Morgan fingerprint density at radius 3 is 0.902 bits per heavy atom. The molecule has 1 aromatic rings. The van der Waals surface area contributed by atoms with Crippen molar-refractivity contribution in [3.63, 3.8) is 0 Å². The van der Waals surface area contributed by atoms with Gasteiger partial charge < -0.3 is 8.97 Å². The van der Waals surface area contributed by atoms with Crippen molar-refractivity contribution in [2.24, 2.45) is 0 Å². The first-order chi connectivity index (χ1) is 19.8. The predicted octanol–water partition coefficient (Wildman–Crippen LogP) is 12.3. The Kier molecular flexibility index (Phi) is 23.6. The van der Waals surface area contributed by atoms with E-state index in [9.17, 15) is 0 Å². The van der Waals surface area contributed by atoms with Gasteiger partial charge in [0, 0.05) is 0 Å². The van der Waals surface area contributed by atoms with Crippen molar-refractivity contribution >= 4 is 11.3 Å². The van der Waals surface area contributed by atoms with Crippen LogP contribution in [0.3, 0.4) is 0 Å². The van der Waals surface area contributed by atoms with Gasteiger partial charge >= 0.3 is 0 Å². The summed E-state index contributed by atoms with van der Waals surface area (Å²) in [6.45, 7) is 9.61. The lowest BCUT2D eigenvalue weighted by molar-refractivity contribution is -0.903. The molecule has 41 heavy (non-hydrogen) atoms. The van der Waals surface area contributed by atoms with Crippen molar-refractivity contribution in [2.45, 2.75) is 181 Å². The molecule has 1 aromatic heterocycles. The third kappa shape index (κ3) is 23.7. The lowest BCUT2D eigenvalue weighted by Crippen LogP contribution is -2.39. The van der Waals surface area contributed by atoms with E-state index in [-0.39, 0.29) is 0 Å². The van der Waals surface area contributed by atoms with Crippen molar-refractivity contribution in [1.82, 2.24) is 0 Å². The largest absolute Gasteiger partial charge is 0.324 e. The fourth-order valence-electron chi connectivity index (χ4n) is 6.36. The molecule has 242 valence electrons. The molecule has 0 aliphatic heterocycles. The van der Waals surface area contributed by atoms with Crippen molar-refractivity contribution in [3.8, 4) is 0 Å². The van der Waals surface area contributed by atoms with E-state index in [0.29, 0.717) is 0 Å². The highest BCUT2D eigenvalue weighted by Gasteiger charge is 2.20. The van der Waals surface area contributed by atoms with Crippen molar-refractivity contribution in [2.75, 3.05) is 41.3 Å². The van der Waals surface area contributed by atoms with Gasteiger partial charge in [-0.3, -0.25) is 0 Å². The number of thiophene rings is 1. The molecule has 1 heterocycles. The first-order valence-electron chi connectivity index (χ1n) is 18.5. The number of hydrogen-bond acceptors (Lipinski definition) is 1. The molecule has 0 bridgehead atoms. The van der Waals surface area contributed by atoms with Gasteiger partial charge in [-0.05, 0) is 37.8 Å². The average Bonchev–Trinajstić information content (AvgIpc) is 3.34. The number of rotatable bonds is 30. The topological polar surface area (TPSA) is 0 Å². The van der Waals surface area contributed by atoms with Gasteiger partial charge in [-0.1, -0.05) is 142 Å². The number of unbranched alkanes of at least 4 members (excludes halogenated alkanes) is 22. The lowest BCUT2D eigenvalue weighted by atomic mass is 10.1. The molecule has 0 aromatic carbocycles. The fourth-order valence-corrected chi connectivity index (χ4v) is 7.79. The second kappa shape index (κ2) is 25.0. The van der Waals surface area contributed by atoms with Crippen molar-refractivity contribution in [3.05, 3.63) is 21.9 Å². The third-order valence-corrected chi connectivity index (χ3v) is 10.2. The molecule has 0 aliphatic rings. The summed E-state index contributed by atoms with van der Waals surface area (Å²) in [6, 6.07) is 4.85. The van der Waals surface area contributed by atoms with Gasteiger partial charge in [-0.2, -0.15) is 0 Å². The molecule has 0 fully saturated rings. The maximum atomic E-state index is 2.44. The predicted molar refractivity (Wildman–Crippen MR) is 188 cm³/mol. The van der Waals surface area contributed by atoms with Crippen LogP contribution < -0.4 is 0 Å². The highest BCUT2D eigenvalue weighted by atomic mass is 32.1. The summed E-state index contributed by atoms with van der Waals surface area (Å²) in [7, 11) is 9.74. The highest BCUT2D eigenvalue weighted by Crippen LogP contribution is 2.24. The van der Waals surface area contributed by atoms with Crippen LogP contribution in [0.5, 0.6) is 0 Å². The smallest absolute Gasteiger partial charge is 0.113 e. The summed E-state index contributed by atoms with van der Waals surface area (Å²) < 4.78 is 2.27. The second-order valence-corrected chi connectivity index (χ2v) is 16.0. The van der Waals surface area contributed by atoms with Crippen LogP contribution in [0.15, 0.2) is 12.1 Å². The monoisotopic (exact) mass is 593 g/mol. The molecule has 0 amide bonds. The van der Waals surface area contributed by atoms with Crippen LogP contribution in [0.2, 0.25) is 0 Å². The van der Waals surface area contributed by atoms with Gasteiger partial charge in [0.2, 0.25) is 0 Å². The SMILES string of the molecule is CCCCCCCCCCCCCC[N+](C)(C)Cc1ccc(C[N+](C)(C)CCCCCCCCCCCCCC)s1. The number of quaternary nitrogens is 2. The molecule has 0 aliphatic carbocycles. The van der Waals surface area contributed by atoms with Gasteiger partial charge in [0.15, 0.2) is 0 Å². The minimum Gasteiger partial charge on any atom is -0.324 e. The van der Waals surface area contributed by atoms with Crippen LogP contribution in [0.4, 0.5) is 0 Å². The van der Waals surface area contributed by atoms with Crippen LogP contribution in [0.1, 0.15) is 178 Å². The summed E-state index contributed by atoms with van der Waals surface area (Å²) >= 11 is 2.08. The lowest BCUT2D eigenvalue weighted by Gasteiger charge is -2.30. The van der Waals surface area contributed by atoms with Gasteiger partial charge in [-0.25, -0.2) is 0 Å². The van der Waals surface area contributed by atoms with Crippen LogP contribution in [0.25, 0.3) is 0 Å². The molecule has 0 spiro atoms. The van der Waals surface area contributed by atoms with E-state index < -0.39 is 0 Å². The first kappa shape index (κ1) is 38.6.